The summed E-state index contributed by atoms with van der Waals surface area (Å²) in [4.78, 5) is 25.1. The molecule has 0 atom stereocenters. The van der Waals surface area contributed by atoms with Gasteiger partial charge in [-0.15, -0.1) is 0 Å². The normalized spacial score (nSPS) is 13.1. The number of sulfonamides is 1. The van der Waals surface area contributed by atoms with Crippen molar-refractivity contribution in [2.75, 3.05) is 17.1 Å². The van der Waals surface area contributed by atoms with Crippen LogP contribution in [0.1, 0.15) is 39.1 Å². The van der Waals surface area contributed by atoms with Gasteiger partial charge in [0.2, 0.25) is 0 Å². The number of hydrogen-bond donors (Lipinski definition) is 3. The molecular formula is C25H25N3O5S. The largest absolute Gasteiger partial charge is 0.495 e. The summed E-state index contributed by atoms with van der Waals surface area (Å²) < 4.78 is 33.2. The SMILES string of the molecule is COc1ccccc1NS(=O)(=O)c1ccc(C(=O)Nc2cc(C(=O)NC3CC3)ccc2C)cc1. The second-order valence-corrected chi connectivity index (χ2v) is 9.74. The topological polar surface area (TPSA) is 114 Å². The maximum atomic E-state index is 12.8. The lowest BCUT2D eigenvalue weighted by molar-refractivity contribution is 0.0949. The highest BCUT2D eigenvalue weighted by Gasteiger charge is 2.24. The lowest BCUT2D eigenvalue weighted by Gasteiger charge is -2.13. The molecule has 8 nitrogen and oxygen atoms in total. The van der Waals surface area contributed by atoms with Gasteiger partial charge in [-0.05, 0) is 73.9 Å². The van der Waals surface area contributed by atoms with E-state index in [-0.39, 0.29) is 22.4 Å². The van der Waals surface area contributed by atoms with Gasteiger partial charge in [0.25, 0.3) is 21.8 Å². The van der Waals surface area contributed by atoms with E-state index >= 15 is 0 Å². The van der Waals surface area contributed by atoms with Crippen molar-refractivity contribution in [2.45, 2.75) is 30.7 Å². The summed E-state index contributed by atoms with van der Waals surface area (Å²) in [6, 6.07) is 17.6. The Morgan fingerprint density at radius 1 is 0.882 bits per heavy atom. The molecule has 9 heteroatoms. The smallest absolute Gasteiger partial charge is 0.262 e. The fourth-order valence-corrected chi connectivity index (χ4v) is 4.38. The van der Waals surface area contributed by atoms with Crippen molar-refractivity contribution in [2.24, 2.45) is 0 Å². The first-order valence-corrected chi connectivity index (χ1v) is 12.2. The number of carbonyl (C=O) groups excluding carboxylic acids is 2. The van der Waals surface area contributed by atoms with E-state index in [4.69, 9.17) is 4.74 Å². The lowest BCUT2D eigenvalue weighted by Crippen LogP contribution is -2.25. The van der Waals surface area contributed by atoms with Crippen molar-refractivity contribution in [3.05, 3.63) is 83.4 Å². The molecule has 1 saturated carbocycles. The van der Waals surface area contributed by atoms with E-state index in [1.165, 1.54) is 31.4 Å². The Hall–Kier alpha value is -3.85. The molecule has 1 aliphatic carbocycles. The van der Waals surface area contributed by atoms with Crippen LogP contribution < -0.4 is 20.1 Å². The molecule has 2 amide bonds. The molecule has 3 N–H and O–H groups in total. The minimum atomic E-state index is -3.88. The van der Waals surface area contributed by atoms with Gasteiger partial charge < -0.3 is 15.4 Å². The molecule has 0 spiro atoms. The van der Waals surface area contributed by atoms with E-state index in [1.807, 2.05) is 6.92 Å². The fraction of sp³-hybridized carbons (Fsp3) is 0.200. The number of methoxy groups -OCH3 is 1. The van der Waals surface area contributed by atoms with Crippen LogP contribution in [0.3, 0.4) is 0 Å². The minimum Gasteiger partial charge on any atom is -0.495 e. The number of benzene rings is 3. The number of nitrogens with one attached hydrogen (secondary N) is 3. The summed E-state index contributed by atoms with van der Waals surface area (Å²) in [5, 5.41) is 5.73. The molecule has 0 radical (unpaired) electrons. The number of ether oxygens (including phenoxy) is 1. The molecule has 0 saturated heterocycles. The zero-order chi connectivity index (χ0) is 24.3. The Balaban J connectivity index is 1.47. The number of amides is 2. The van der Waals surface area contributed by atoms with Crippen molar-refractivity contribution in [3.63, 3.8) is 0 Å². The average Bonchev–Trinajstić information content (AvgIpc) is 3.64. The van der Waals surface area contributed by atoms with Gasteiger partial charge in [-0.25, -0.2) is 8.42 Å². The lowest BCUT2D eigenvalue weighted by atomic mass is 10.1. The first kappa shape index (κ1) is 23.3. The molecule has 1 fully saturated rings. The summed E-state index contributed by atoms with van der Waals surface area (Å²) in [5.74, 6) is -0.190. The fourth-order valence-electron chi connectivity index (χ4n) is 3.31. The predicted octanol–water partition coefficient (Wildman–Crippen LogP) is 3.95. The van der Waals surface area contributed by atoms with Gasteiger partial charge in [0, 0.05) is 22.9 Å². The van der Waals surface area contributed by atoms with Gasteiger partial charge in [-0.1, -0.05) is 18.2 Å². The quantitative estimate of drug-likeness (QED) is 0.453. The van der Waals surface area contributed by atoms with Crippen LogP contribution in [-0.4, -0.2) is 33.4 Å². The molecule has 0 bridgehead atoms. The molecule has 0 unspecified atom stereocenters. The molecule has 176 valence electrons. The van der Waals surface area contributed by atoms with Gasteiger partial charge in [0.15, 0.2) is 0 Å². The van der Waals surface area contributed by atoms with Crippen LogP contribution in [0.5, 0.6) is 5.75 Å². The standard InChI is InChI=1S/C25H25N3O5S/c1-16-7-8-18(25(30)26-19-11-12-19)15-22(16)27-24(29)17-9-13-20(14-10-17)34(31,32)28-21-5-3-4-6-23(21)33-2/h3-10,13-15,19,28H,11-12H2,1-2H3,(H,26,30)(H,27,29). The monoisotopic (exact) mass is 479 g/mol. The Morgan fingerprint density at radius 3 is 2.24 bits per heavy atom. The van der Waals surface area contributed by atoms with Crippen molar-refractivity contribution in [1.29, 1.82) is 0 Å². The van der Waals surface area contributed by atoms with Crippen molar-refractivity contribution in [3.8, 4) is 5.75 Å². The van der Waals surface area contributed by atoms with E-state index in [0.717, 1.165) is 18.4 Å². The number of carbonyl (C=O) groups is 2. The van der Waals surface area contributed by atoms with Crippen molar-refractivity contribution < 1.29 is 22.7 Å². The summed E-state index contributed by atoms with van der Waals surface area (Å²) in [5.41, 5.74) is 2.38. The van der Waals surface area contributed by atoms with Crippen molar-refractivity contribution >= 4 is 33.2 Å². The molecule has 34 heavy (non-hydrogen) atoms. The molecule has 0 aromatic heterocycles. The predicted molar refractivity (Wildman–Crippen MR) is 130 cm³/mol. The van der Waals surface area contributed by atoms with Gasteiger partial charge in [-0.2, -0.15) is 0 Å². The van der Waals surface area contributed by atoms with Gasteiger partial charge in [0.1, 0.15) is 5.75 Å². The highest BCUT2D eigenvalue weighted by atomic mass is 32.2. The number of aryl methyl sites for hydroxylation is 1. The molecule has 1 aliphatic rings. The van der Waals surface area contributed by atoms with Gasteiger partial charge >= 0.3 is 0 Å². The van der Waals surface area contributed by atoms with E-state index in [9.17, 15) is 18.0 Å². The number of para-hydroxylation sites is 2. The molecule has 3 aromatic rings. The van der Waals surface area contributed by atoms with E-state index in [2.05, 4.69) is 15.4 Å². The number of anilines is 2. The number of rotatable bonds is 8. The average molecular weight is 480 g/mol. The zero-order valence-corrected chi connectivity index (χ0v) is 19.6. The van der Waals surface area contributed by atoms with Gasteiger partial charge in [-0.3, -0.25) is 14.3 Å². The molecule has 3 aromatic carbocycles. The minimum absolute atomic E-state index is 0.00452. The van der Waals surface area contributed by atoms with Crippen LogP contribution >= 0.6 is 0 Å². The first-order chi connectivity index (χ1) is 16.3. The Labute approximate surface area is 198 Å². The third kappa shape index (κ3) is 5.37. The van der Waals surface area contributed by atoms with E-state index < -0.39 is 15.9 Å². The van der Waals surface area contributed by atoms with E-state index in [0.29, 0.717) is 22.7 Å². The van der Waals surface area contributed by atoms with Crippen molar-refractivity contribution in [1.82, 2.24) is 5.32 Å². The third-order valence-corrected chi connectivity index (χ3v) is 6.82. The number of hydrogen-bond acceptors (Lipinski definition) is 5. The Morgan fingerprint density at radius 2 is 1.56 bits per heavy atom. The third-order valence-electron chi connectivity index (χ3n) is 5.44. The van der Waals surface area contributed by atoms with Crippen LogP contribution in [0.25, 0.3) is 0 Å². The Bertz CT molecular complexity index is 1330. The molecule has 0 heterocycles. The molecular weight excluding hydrogens is 454 g/mol. The first-order valence-electron chi connectivity index (χ1n) is 10.8. The summed E-state index contributed by atoms with van der Waals surface area (Å²) in [6.45, 7) is 1.83. The van der Waals surface area contributed by atoms with Gasteiger partial charge in [0.05, 0.1) is 17.7 Å². The molecule has 4 rings (SSSR count). The highest BCUT2D eigenvalue weighted by molar-refractivity contribution is 7.92. The Kier molecular flexibility index (Phi) is 6.56. The van der Waals surface area contributed by atoms with Crippen LogP contribution in [0.4, 0.5) is 11.4 Å². The molecule has 0 aliphatic heterocycles. The van der Waals surface area contributed by atoms with Crippen LogP contribution in [0, 0.1) is 6.92 Å². The van der Waals surface area contributed by atoms with Crippen LogP contribution in [-0.2, 0) is 10.0 Å². The maximum absolute atomic E-state index is 12.8. The highest BCUT2D eigenvalue weighted by Crippen LogP contribution is 2.26. The summed E-state index contributed by atoms with van der Waals surface area (Å²) in [7, 11) is -2.42. The van der Waals surface area contributed by atoms with Crippen LogP contribution in [0.2, 0.25) is 0 Å². The summed E-state index contributed by atoms with van der Waals surface area (Å²) in [6.07, 6.45) is 1.97. The maximum Gasteiger partial charge on any atom is 0.262 e. The summed E-state index contributed by atoms with van der Waals surface area (Å²) >= 11 is 0. The second kappa shape index (κ2) is 9.56. The second-order valence-electron chi connectivity index (χ2n) is 8.06. The zero-order valence-electron chi connectivity index (χ0n) is 18.8. The van der Waals surface area contributed by atoms with Crippen LogP contribution in [0.15, 0.2) is 71.6 Å². The van der Waals surface area contributed by atoms with E-state index in [1.54, 1.807) is 42.5 Å².